The maximum Gasteiger partial charge on any atom is 0.303 e. The van der Waals surface area contributed by atoms with E-state index < -0.39 is 5.97 Å². The van der Waals surface area contributed by atoms with E-state index in [0.29, 0.717) is 6.42 Å². The van der Waals surface area contributed by atoms with Gasteiger partial charge in [-0.3, -0.25) is 4.79 Å². The van der Waals surface area contributed by atoms with Gasteiger partial charge in [-0.2, -0.15) is 0 Å². The van der Waals surface area contributed by atoms with Crippen molar-refractivity contribution in [3.63, 3.8) is 0 Å². The Bertz CT molecular complexity index is 320. The van der Waals surface area contributed by atoms with Gasteiger partial charge >= 0.3 is 5.97 Å². The predicted molar refractivity (Wildman–Crippen MR) is 128 cm³/mol. The van der Waals surface area contributed by atoms with Crippen LogP contribution in [0.4, 0.5) is 0 Å². The Labute approximate surface area is 182 Å². The van der Waals surface area contributed by atoms with Gasteiger partial charge in [0.2, 0.25) is 0 Å². The number of carboxylic acid groups (broad SMARTS) is 1. The molecule has 174 valence electrons. The zero-order chi connectivity index (χ0) is 21.8. The lowest BCUT2D eigenvalue weighted by Crippen LogP contribution is -1.95. The molecule has 0 amide bonds. The number of hydrogen-bond donors (Lipinski definition) is 1. The van der Waals surface area contributed by atoms with Crippen molar-refractivity contribution < 1.29 is 14.6 Å². The Hall–Kier alpha value is -0.830. The Morgan fingerprint density at radius 3 is 1.48 bits per heavy atom. The molecular formula is C26H52O3. The van der Waals surface area contributed by atoms with Gasteiger partial charge in [0.25, 0.3) is 0 Å². The van der Waals surface area contributed by atoms with Crippen molar-refractivity contribution in [1.82, 2.24) is 0 Å². The molecule has 0 aromatic carbocycles. The fourth-order valence-corrected chi connectivity index (χ4v) is 2.94. The van der Waals surface area contributed by atoms with E-state index in [1.54, 1.807) is 0 Å². The van der Waals surface area contributed by atoms with Gasteiger partial charge < -0.3 is 9.84 Å². The highest BCUT2D eigenvalue weighted by Crippen LogP contribution is 2.09. The lowest BCUT2D eigenvalue weighted by Gasteiger charge is -1.99. The predicted octanol–water partition coefficient (Wildman–Crippen LogP) is 8.71. The second-order valence-corrected chi connectivity index (χ2v) is 8.05. The molecular weight excluding hydrogens is 360 g/mol. The minimum atomic E-state index is -0.664. The van der Waals surface area contributed by atoms with Gasteiger partial charge in [0.1, 0.15) is 0 Å². The topological polar surface area (TPSA) is 46.5 Å². The fourth-order valence-electron chi connectivity index (χ4n) is 2.94. The molecule has 29 heavy (non-hydrogen) atoms. The molecule has 0 bridgehead atoms. The zero-order valence-corrected chi connectivity index (χ0v) is 20.1. The SMILES string of the molecule is CCCCCCCCC=CCCCCCCCC(=O)O.CCCCOCCCC. The van der Waals surface area contributed by atoms with Gasteiger partial charge in [-0.25, -0.2) is 0 Å². The number of ether oxygens (including phenoxy) is 1. The molecule has 0 aliphatic carbocycles. The summed E-state index contributed by atoms with van der Waals surface area (Å²) in [6.45, 7) is 8.54. The molecule has 0 saturated heterocycles. The maximum atomic E-state index is 10.3. The number of carboxylic acids is 1. The van der Waals surface area contributed by atoms with Crippen LogP contribution in [0, 0.1) is 0 Å². The first-order valence-electron chi connectivity index (χ1n) is 12.6. The summed E-state index contributed by atoms with van der Waals surface area (Å²) in [6, 6.07) is 0. The largest absolute Gasteiger partial charge is 0.481 e. The highest BCUT2D eigenvalue weighted by Gasteiger charge is 1.95. The van der Waals surface area contributed by atoms with Gasteiger partial charge in [0, 0.05) is 19.6 Å². The van der Waals surface area contributed by atoms with E-state index >= 15 is 0 Å². The number of allylic oxidation sites excluding steroid dienone is 2. The van der Waals surface area contributed by atoms with Crippen molar-refractivity contribution >= 4 is 5.97 Å². The molecule has 0 rings (SSSR count). The van der Waals surface area contributed by atoms with Crippen molar-refractivity contribution in [3.05, 3.63) is 12.2 Å². The van der Waals surface area contributed by atoms with E-state index in [4.69, 9.17) is 9.84 Å². The van der Waals surface area contributed by atoms with E-state index in [0.717, 1.165) is 26.1 Å². The van der Waals surface area contributed by atoms with Crippen molar-refractivity contribution in [2.45, 2.75) is 136 Å². The summed E-state index contributed by atoms with van der Waals surface area (Å²) >= 11 is 0. The van der Waals surface area contributed by atoms with E-state index in [1.165, 1.54) is 96.3 Å². The molecule has 0 aliphatic rings. The van der Waals surface area contributed by atoms with E-state index in [2.05, 4.69) is 32.9 Å². The molecule has 0 spiro atoms. The summed E-state index contributed by atoms with van der Waals surface area (Å²) in [4.78, 5) is 10.3. The first-order chi connectivity index (χ1) is 14.2. The van der Waals surface area contributed by atoms with Crippen molar-refractivity contribution in [2.24, 2.45) is 0 Å². The quantitative estimate of drug-likeness (QED) is 0.151. The van der Waals surface area contributed by atoms with Crippen molar-refractivity contribution in [1.29, 1.82) is 0 Å². The summed E-state index contributed by atoms with van der Waals surface area (Å²) in [6.07, 6.45) is 26.1. The van der Waals surface area contributed by atoms with Crippen LogP contribution in [0.5, 0.6) is 0 Å². The third-order valence-electron chi connectivity index (χ3n) is 4.94. The van der Waals surface area contributed by atoms with Gasteiger partial charge in [-0.1, -0.05) is 97.1 Å². The van der Waals surface area contributed by atoms with Crippen molar-refractivity contribution in [2.75, 3.05) is 13.2 Å². The van der Waals surface area contributed by atoms with Crippen LogP contribution in [0.2, 0.25) is 0 Å². The molecule has 3 heteroatoms. The summed E-state index contributed by atoms with van der Waals surface area (Å²) < 4.78 is 5.31. The van der Waals surface area contributed by atoms with Crippen LogP contribution in [0.15, 0.2) is 12.2 Å². The standard InChI is InChI=1S/C18H34O2.C8H18O/c1-2-3-4-5-6-7-8-9-10-11-12-13-14-15-16-17-18(19)20;1-3-5-7-9-8-6-4-2/h9-10H,2-8,11-17H2,1H3,(H,19,20);3-8H2,1-2H3. The highest BCUT2D eigenvalue weighted by atomic mass is 16.5. The van der Waals surface area contributed by atoms with Crippen LogP contribution in [0.25, 0.3) is 0 Å². The van der Waals surface area contributed by atoms with Crippen molar-refractivity contribution in [3.8, 4) is 0 Å². The van der Waals surface area contributed by atoms with Gasteiger partial charge in [-0.05, 0) is 44.9 Å². The normalized spacial score (nSPS) is 10.9. The van der Waals surface area contributed by atoms with Crippen LogP contribution in [-0.2, 0) is 9.53 Å². The first kappa shape index (κ1) is 30.4. The monoisotopic (exact) mass is 412 g/mol. The lowest BCUT2D eigenvalue weighted by molar-refractivity contribution is -0.137. The average molecular weight is 413 g/mol. The second kappa shape index (κ2) is 29.4. The summed E-state index contributed by atoms with van der Waals surface area (Å²) in [5.41, 5.74) is 0. The Morgan fingerprint density at radius 2 is 1.03 bits per heavy atom. The zero-order valence-electron chi connectivity index (χ0n) is 20.1. The van der Waals surface area contributed by atoms with Gasteiger partial charge in [0.05, 0.1) is 0 Å². The minimum Gasteiger partial charge on any atom is -0.481 e. The van der Waals surface area contributed by atoms with Crippen LogP contribution >= 0.6 is 0 Å². The molecule has 0 fully saturated rings. The lowest BCUT2D eigenvalue weighted by atomic mass is 10.1. The Morgan fingerprint density at radius 1 is 0.621 bits per heavy atom. The Balaban J connectivity index is 0. The molecule has 0 aromatic rings. The van der Waals surface area contributed by atoms with Gasteiger partial charge in [0.15, 0.2) is 0 Å². The molecule has 0 aliphatic heterocycles. The van der Waals surface area contributed by atoms with Crippen LogP contribution in [-0.4, -0.2) is 24.3 Å². The first-order valence-corrected chi connectivity index (χ1v) is 12.6. The Kier molecular flexibility index (Phi) is 30.8. The average Bonchev–Trinajstić information content (AvgIpc) is 2.71. The van der Waals surface area contributed by atoms with Gasteiger partial charge in [-0.15, -0.1) is 0 Å². The molecule has 0 aromatic heterocycles. The smallest absolute Gasteiger partial charge is 0.303 e. The number of unbranched alkanes of at least 4 members (excludes halogenated alkanes) is 13. The van der Waals surface area contributed by atoms with E-state index in [-0.39, 0.29) is 0 Å². The van der Waals surface area contributed by atoms with Crippen LogP contribution < -0.4 is 0 Å². The number of hydrogen-bond acceptors (Lipinski definition) is 2. The van der Waals surface area contributed by atoms with E-state index in [9.17, 15) is 4.79 Å². The molecule has 1 N–H and O–H groups in total. The summed E-state index contributed by atoms with van der Waals surface area (Å²) in [5.74, 6) is -0.664. The number of aliphatic carboxylic acids is 1. The van der Waals surface area contributed by atoms with Crippen LogP contribution in [0.3, 0.4) is 0 Å². The third kappa shape index (κ3) is 35.0. The second-order valence-electron chi connectivity index (χ2n) is 8.05. The van der Waals surface area contributed by atoms with Crippen LogP contribution in [0.1, 0.15) is 136 Å². The molecule has 0 saturated carbocycles. The molecule has 0 radical (unpaired) electrons. The molecule has 3 nitrogen and oxygen atoms in total. The summed E-state index contributed by atoms with van der Waals surface area (Å²) in [5, 5.41) is 8.51. The molecule has 0 atom stereocenters. The van der Waals surface area contributed by atoms with E-state index in [1.807, 2.05) is 0 Å². The minimum absolute atomic E-state index is 0.332. The highest BCUT2D eigenvalue weighted by molar-refractivity contribution is 5.66. The number of rotatable bonds is 21. The maximum absolute atomic E-state index is 10.3. The molecule has 0 heterocycles. The summed E-state index contributed by atoms with van der Waals surface area (Å²) in [7, 11) is 0. The fraction of sp³-hybridized carbons (Fsp3) is 0.885. The molecule has 0 unspecified atom stereocenters. The third-order valence-corrected chi connectivity index (χ3v) is 4.94. The number of carbonyl (C=O) groups is 1.